The Balaban J connectivity index is 1.58. The lowest BCUT2D eigenvalue weighted by Crippen LogP contribution is -2.46. The summed E-state index contributed by atoms with van der Waals surface area (Å²) in [5.41, 5.74) is 6.85. The highest BCUT2D eigenvalue weighted by Gasteiger charge is 2.33. The average molecular weight is 293 g/mol. The van der Waals surface area contributed by atoms with Crippen molar-refractivity contribution in [2.45, 2.75) is 18.5 Å². The summed E-state index contributed by atoms with van der Waals surface area (Å²) in [7, 11) is 1.82. The molecule has 0 bridgehead atoms. The zero-order valence-electron chi connectivity index (χ0n) is 12.4. The molecule has 3 rings (SSSR count). The SMILES string of the molecule is Cn1cc(C(N)C(=O)N2CCC(N3CCOCC3)C2)cn1. The van der Waals surface area contributed by atoms with E-state index >= 15 is 0 Å². The molecule has 0 saturated carbocycles. The summed E-state index contributed by atoms with van der Waals surface area (Å²) in [6, 6.07) is -0.166. The van der Waals surface area contributed by atoms with Crippen LogP contribution in [0.4, 0.5) is 0 Å². The summed E-state index contributed by atoms with van der Waals surface area (Å²) in [4.78, 5) is 16.8. The zero-order chi connectivity index (χ0) is 14.8. The van der Waals surface area contributed by atoms with E-state index in [1.165, 1.54) is 0 Å². The normalized spacial score (nSPS) is 25.2. The summed E-state index contributed by atoms with van der Waals surface area (Å²) < 4.78 is 7.05. The molecular formula is C14H23N5O2. The van der Waals surface area contributed by atoms with Crippen LogP contribution in [0.25, 0.3) is 0 Å². The maximum atomic E-state index is 12.5. The Hall–Kier alpha value is -1.44. The first-order valence-corrected chi connectivity index (χ1v) is 7.50. The topological polar surface area (TPSA) is 76.6 Å². The van der Waals surface area contributed by atoms with E-state index < -0.39 is 6.04 Å². The van der Waals surface area contributed by atoms with Gasteiger partial charge in [0.15, 0.2) is 0 Å². The van der Waals surface area contributed by atoms with E-state index in [2.05, 4.69) is 10.00 Å². The van der Waals surface area contributed by atoms with Crippen molar-refractivity contribution < 1.29 is 9.53 Å². The second-order valence-electron chi connectivity index (χ2n) is 5.80. The van der Waals surface area contributed by atoms with Gasteiger partial charge in [-0.25, -0.2) is 0 Å². The Morgan fingerprint density at radius 3 is 2.86 bits per heavy atom. The van der Waals surface area contributed by atoms with Crippen LogP contribution >= 0.6 is 0 Å². The molecule has 1 amide bonds. The number of nitrogens with two attached hydrogens (primary N) is 1. The van der Waals surface area contributed by atoms with Crippen molar-refractivity contribution in [2.24, 2.45) is 12.8 Å². The predicted octanol–water partition coefficient (Wildman–Crippen LogP) is -0.647. The van der Waals surface area contributed by atoms with Crippen molar-refractivity contribution >= 4 is 5.91 Å². The Kier molecular flexibility index (Phi) is 4.23. The smallest absolute Gasteiger partial charge is 0.244 e. The Morgan fingerprint density at radius 1 is 1.43 bits per heavy atom. The van der Waals surface area contributed by atoms with Gasteiger partial charge in [-0.3, -0.25) is 14.4 Å². The lowest BCUT2D eigenvalue weighted by molar-refractivity contribution is -0.131. The first-order valence-electron chi connectivity index (χ1n) is 7.50. The van der Waals surface area contributed by atoms with Crippen LogP contribution in [0.2, 0.25) is 0 Å². The molecule has 21 heavy (non-hydrogen) atoms. The molecule has 0 aliphatic carbocycles. The summed E-state index contributed by atoms with van der Waals surface area (Å²) >= 11 is 0. The van der Waals surface area contributed by atoms with E-state index in [4.69, 9.17) is 10.5 Å². The van der Waals surface area contributed by atoms with E-state index in [1.54, 1.807) is 17.1 Å². The molecule has 2 fully saturated rings. The van der Waals surface area contributed by atoms with Gasteiger partial charge in [-0.05, 0) is 6.42 Å². The third-order valence-corrected chi connectivity index (χ3v) is 4.39. The summed E-state index contributed by atoms with van der Waals surface area (Å²) in [6.45, 7) is 5.06. The summed E-state index contributed by atoms with van der Waals surface area (Å²) in [5, 5.41) is 4.08. The maximum Gasteiger partial charge on any atom is 0.244 e. The van der Waals surface area contributed by atoms with Gasteiger partial charge < -0.3 is 15.4 Å². The lowest BCUT2D eigenvalue weighted by atomic mass is 10.1. The second kappa shape index (κ2) is 6.13. The molecule has 0 aromatic carbocycles. The van der Waals surface area contributed by atoms with E-state index in [0.717, 1.165) is 51.4 Å². The number of aromatic nitrogens is 2. The number of nitrogens with zero attached hydrogens (tertiary/aromatic N) is 4. The largest absolute Gasteiger partial charge is 0.379 e. The molecule has 0 radical (unpaired) electrons. The van der Waals surface area contributed by atoms with Gasteiger partial charge >= 0.3 is 0 Å². The van der Waals surface area contributed by atoms with Crippen LogP contribution in [0.5, 0.6) is 0 Å². The molecule has 2 unspecified atom stereocenters. The van der Waals surface area contributed by atoms with Gasteiger partial charge in [-0.15, -0.1) is 0 Å². The van der Waals surface area contributed by atoms with E-state index in [9.17, 15) is 4.79 Å². The minimum absolute atomic E-state index is 0.00115. The highest BCUT2D eigenvalue weighted by molar-refractivity contribution is 5.83. The number of rotatable bonds is 3. The van der Waals surface area contributed by atoms with Crippen molar-refractivity contribution in [2.75, 3.05) is 39.4 Å². The van der Waals surface area contributed by atoms with Gasteiger partial charge in [0, 0.05) is 51.0 Å². The van der Waals surface area contributed by atoms with Crippen LogP contribution in [0.1, 0.15) is 18.0 Å². The number of hydrogen-bond acceptors (Lipinski definition) is 5. The van der Waals surface area contributed by atoms with Crippen LogP contribution in [-0.4, -0.2) is 70.9 Å². The number of ether oxygens (including phenoxy) is 1. The van der Waals surface area contributed by atoms with Crippen LogP contribution in [-0.2, 0) is 16.6 Å². The monoisotopic (exact) mass is 293 g/mol. The van der Waals surface area contributed by atoms with Crippen LogP contribution in [0.3, 0.4) is 0 Å². The van der Waals surface area contributed by atoms with Gasteiger partial charge in [0.1, 0.15) is 6.04 Å². The van der Waals surface area contributed by atoms with Gasteiger partial charge in [0.25, 0.3) is 0 Å². The fraction of sp³-hybridized carbons (Fsp3) is 0.714. The fourth-order valence-corrected chi connectivity index (χ4v) is 3.12. The summed E-state index contributed by atoms with van der Waals surface area (Å²) in [5.74, 6) is -0.00115. The van der Waals surface area contributed by atoms with E-state index in [1.807, 2.05) is 11.9 Å². The molecule has 0 spiro atoms. The van der Waals surface area contributed by atoms with Crippen molar-refractivity contribution in [1.29, 1.82) is 0 Å². The molecule has 1 aromatic rings. The number of amides is 1. The van der Waals surface area contributed by atoms with Gasteiger partial charge in [-0.2, -0.15) is 5.10 Å². The quantitative estimate of drug-likeness (QED) is 0.801. The van der Waals surface area contributed by atoms with Crippen molar-refractivity contribution in [3.63, 3.8) is 0 Å². The summed E-state index contributed by atoms with van der Waals surface area (Å²) in [6.07, 6.45) is 4.49. The van der Waals surface area contributed by atoms with Crippen molar-refractivity contribution in [1.82, 2.24) is 19.6 Å². The predicted molar refractivity (Wildman–Crippen MR) is 77.5 cm³/mol. The molecule has 7 nitrogen and oxygen atoms in total. The maximum absolute atomic E-state index is 12.5. The highest BCUT2D eigenvalue weighted by atomic mass is 16.5. The van der Waals surface area contributed by atoms with E-state index in [0.29, 0.717) is 6.04 Å². The number of aryl methyl sites for hydroxylation is 1. The van der Waals surface area contributed by atoms with Gasteiger partial charge in [-0.1, -0.05) is 0 Å². The van der Waals surface area contributed by atoms with E-state index in [-0.39, 0.29) is 5.91 Å². The highest BCUT2D eigenvalue weighted by Crippen LogP contribution is 2.20. The first-order chi connectivity index (χ1) is 10.1. The van der Waals surface area contributed by atoms with Gasteiger partial charge in [0.2, 0.25) is 5.91 Å². The number of morpholine rings is 1. The Bertz CT molecular complexity index is 497. The molecule has 2 N–H and O–H groups in total. The zero-order valence-corrected chi connectivity index (χ0v) is 12.4. The number of hydrogen-bond donors (Lipinski definition) is 1. The van der Waals surface area contributed by atoms with Crippen LogP contribution < -0.4 is 5.73 Å². The van der Waals surface area contributed by atoms with Crippen LogP contribution in [0.15, 0.2) is 12.4 Å². The molecule has 2 aliphatic rings. The minimum atomic E-state index is -0.609. The Morgan fingerprint density at radius 2 is 2.19 bits per heavy atom. The van der Waals surface area contributed by atoms with Crippen molar-refractivity contribution in [3.8, 4) is 0 Å². The molecule has 116 valence electrons. The average Bonchev–Trinajstić information content (AvgIpc) is 3.16. The molecule has 7 heteroatoms. The molecule has 3 heterocycles. The standard InChI is InChI=1S/C14H23N5O2/c1-17-9-11(8-16-17)13(15)14(20)19-3-2-12(10-19)18-4-6-21-7-5-18/h8-9,12-13H,2-7,10,15H2,1H3. The second-order valence-corrected chi connectivity index (χ2v) is 5.80. The fourth-order valence-electron chi connectivity index (χ4n) is 3.12. The van der Waals surface area contributed by atoms with Crippen molar-refractivity contribution in [3.05, 3.63) is 18.0 Å². The molecule has 2 saturated heterocycles. The van der Waals surface area contributed by atoms with Crippen LogP contribution in [0, 0.1) is 0 Å². The lowest BCUT2D eigenvalue weighted by Gasteiger charge is -2.32. The van der Waals surface area contributed by atoms with Gasteiger partial charge in [0.05, 0.1) is 19.4 Å². The number of carbonyl (C=O) groups excluding carboxylic acids is 1. The number of carbonyl (C=O) groups is 1. The minimum Gasteiger partial charge on any atom is -0.379 e. The molecule has 1 aromatic heterocycles. The Labute approximate surface area is 124 Å². The third-order valence-electron chi connectivity index (χ3n) is 4.39. The molecular weight excluding hydrogens is 270 g/mol. The molecule has 2 atom stereocenters. The molecule has 2 aliphatic heterocycles. The third kappa shape index (κ3) is 3.09. The first kappa shape index (κ1) is 14.5. The number of likely N-dealkylation sites (tertiary alicyclic amines) is 1.